The molecular weight excluding hydrogens is 366 g/mol. The molecule has 0 radical (unpaired) electrons. The maximum Gasteiger partial charge on any atom is 0.416 e. The topological polar surface area (TPSA) is 35.5 Å². The molecule has 3 rings (SSSR count). The van der Waals surface area contributed by atoms with Gasteiger partial charge in [-0.15, -0.1) is 0 Å². The van der Waals surface area contributed by atoms with Crippen LogP contribution in [0.5, 0.6) is 5.75 Å². The van der Waals surface area contributed by atoms with Crippen molar-refractivity contribution in [1.82, 2.24) is 0 Å². The van der Waals surface area contributed by atoms with Crippen molar-refractivity contribution in [1.29, 1.82) is 0 Å². The van der Waals surface area contributed by atoms with Crippen molar-refractivity contribution in [3.8, 4) is 5.75 Å². The molecule has 0 N–H and O–H groups in total. The molecule has 0 bridgehead atoms. The van der Waals surface area contributed by atoms with Crippen molar-refractivity contribution in [2.45, 2.75) is 18.5 Å². The standard InChI is InChI=1S/C17H10F6O3/c1-25-11-2-3-12-13(7-11)14(26-15(12)24)8-4-9(16(18,19)20)6-10(5-8)17(21,22)23/h2-7,14H,1H3/t14-/m0/s1. The Morgan fingerprint density at radius 3 is 2.00 bits per heavy atom. The predicted molar refractivity (Wildman–Crippen MR) is 76.7 cm³/mol. The summed E-state index contributed by atoms with van der Waals surface area (Å²) in [6, 6.07) is 5.24. The van der Waals surface area contributed by atoms with E-state index < -0.39 is 41.1 Å². The maximum atomic E-state index is 13.0. The van der Waals surface area contributed by atoms with E-state index in [4.69, 9.17) is 9.47 Å². The summed E-state index contributed by atoms with van der Waals surface area (Å²) in [7, 11) is 1.33. The molecule has 138 valence electrons. The van der Waals surface area contributed by atoms with Gasteiger partial charge >= 0.3 is 18.3 Å². The van der Waals surface area contributed by atoms with E-state index in [9.17, 15) is 31.1 Å². The minimum Gasteiger partial charge on any atom is -0.497 e. The number of halogens is 6. The zero-order valence-electron chi connectivity index (χ0n) is 13.0. The summed E-state index contributed by atoms with van der Waals surface area (Å²) >= 11 is 0. The molecule has 0 spiro atoms. The zero-order valence-corrected chi connectivity index (χ0v) is 13.0. The number of rotatable bonds is 2. The van der Waals surface area contributed by atoms with Crippen molar-refractivity contribution < 1.29 is 40.6 Å². The lowest BCUT2D eigenvalue weighted by molar-refractivity contribution is -0.143. The first kappa shape index (κ1) is 18.1. The highest BCUT2D eigenvalue weighted by atomic mass is 19.4. The lowest BCUT2D eigenvalue weighted by Crippen LogP contribution is -2.13. The van der Waals surface area contributed by atoms with Crippen LogP contribution in [0, 0.1) is 0 Å². The quantitative estimate of drug-likeness (QED) is 0.547. The van der Waals surface area contributed by atoms with Crippen LogP contribution in [-0.4, -0.2) is 13.1 Å². The maximum absolute atomic E-state index is 13.0. The van der Waals surface area contributed by atoms with Gasteiger partial charge < -0.3 is 9.47 Å². The molecule has 0 saturated heterocycles. The van der Waals surface area contributed by atoms with Gasteiger partial charge in [-0.25, -0.2) is 4.79 Å². The van der Waals surface area contributed by atoms with Gasteiger partial charge in [0.25, 0.3) is 0 Å². The Hall–Kier alpha value is -2.71. The highest BCUT2D eigenvalue weighted by Gasteiger charge is 2.40. The second-order valence-electron chi connectivity index (χ2n) is 5.58. The largest absolute Gasteiger partial charge is 0.497 e. The van der Waals surface area contributed by atoms with E-state index >= 15 is 0 Å². The van der Waals surface area contributed by atoms with Crippen LogP contribution in [0.25, 0.3) is 0 Å². The predicted octanol–water partition coefficient (Wildman–Crippen LogP) is 4.99. The average Bonchev–Trinajstić information content (AvgIpc) is 2.89. The molecule has 2 aromatic rings. The monoisotopic (exact) mass is 376 g/mol. The molecule has 0 fully saturated rings. The summed E-state index contributed by atoms with van der Waals surface area (Å²) < 4.78 is 88.1. The number of cyclic esters (lactones) is 1. The molecule has 0 amide bonds. The SMILES string of the molecule is COc1ccc2c(c1)[C@H](c1cc(C(F)(F)F)cc(C(F)(F)F)c1)OC2=O. The molecular formula is C17H10F6O3. The Morgan fingerprint density at radius 1 is 0.923 bits per heavy atom. The summed E-state index contributed by atoms with van der Waals surface area (Å²) in [6.07, 6.45) is -11.4. The van der Waals surface area contributed by atoms with Crippen LogP contribution < -0.4 is 4.74 Å². The second-order valence-corrected chi connectivity index (χ2v) is 5.58. The summed E-state index contributed by atoms with van der Waals surface area (Å²) in [4.78, 5) is 11.9. The lowest BCUT2D eigenvalue weighted by atomic mass is 9.95. The van der Waals surface area contributed by atoms with Crippen molar-refractivity contribution >= 4 is 5.97 Å². The van der Waals surface area contributed by atoms with Crippen molar-refractivity contribution in [3.05, 3.63) is 64.2 Å². The van der Waals surface area contributed by atoms with Crippen LogP contribution in [0.3, 0.4) is 0 Å². The lowest BCUT2D eigenvalue weighted by Gasteiger charge is -2.17. The van der Waals surface area contributed by atoms with E-state index in [1.165, 1.54) is 25.3 Å². The highest BCUT2D eigenvalue weighted by molar-refractivity contribution is 5.94. The minimum absolute atomic E-state index is 0.0206. The molecule has 9 heteroatoms. The third kappa shape index (κ3) is 3.21. The number of methoxy groups -OCH3 is 1. The van der Waals surface area contributed by atoms with Crippen LogP contribution in [0.2, 0.25) is 0 Å². The van der Waals surface area contributed by atoms with Crippen LogP contribution >= 0.6 is 0 Å². The van der Waals surface area contributed by atoms with Gasteiger partial charge in [-0.2, -0.15) is 26.3 Å². The first-order valence-electron chi connectivity index (χ1n) is 7.19. The Bertz CT molecular complexity index is 838. The molecule has 0 aliphatic carbocycles. The Labute approximate surface area is 143 Å². The van der Waals surface area contributed by atoms with Crippen molar-refractivity contribution in [2.24, 2.45) is 0 Å². The van der Waals surface area contributed by atoms with Crippen LogP contribution in [0.15, 0.2) is 36.4 Å². The van der Waals surface area contributed by atoms with E-state index in [1.807, 2.05) is 0 Å². The molecule has 1 aliphatic rings. The molecule has 1 atom stereocenters. The van der Waals surface area contributed by atoms with E-state index in [2.05, 4.69) is 0 Å². The molecule has 26 heavy (non-hydrogen) atoms. The second kappa shape index (κ2) is 5.93. The van der Waals surface area contributed by atoms with Gasteiger partial charge in [0.05, 0.1) is 23.8 Å². The number of benzene rings is 2. The fourth-order valence-corrected chi connectivity index (χ4v) is 2.68. The number of ether oxygens (including phenoxy) is 2. The van der Waals surface area contributed by atoms with E-state index in [-0.39, 0.29) is 22.9 Å². The molecule has 0 saturated carbocycles. The molecule has 0 aromatic heterocycles. The van der Waals surface area contributed by atoms with Gasteiger partial charge in [0, 0.05) is 5.56 Å². The van der Waals surface area contributed by atoms with E-state index in [1.54, 1.807) is 0 Å². The van der Waals surface area contributed by atoms with Crippen molar-refractivity contribution in [2.75, 3.05) is 7.11 Å². The summed E-state index contributed by atoms with van der Waals surface area (Å²) in [5.41, 5.74) is -3.18. The molecule has 1 aliphatic heterocycles. The van der Waals surface area contributed by atoms with E-state index in [0.717, 1.165) is 0 Å². The molecule has 2 aromatic carbocycles. The number of fused-ring (bicyclic) bond motifs is 1. The first-order valence-corrected chi connectivity index (χ1v) is 7.19. The van der Waals surface area contributed by atoms with Crippen LogP contribution in [0.1, 0.15) is 38.7 Å². The normalized spacial score (nSPS) is 17.0. The Kier molecular flexibility index (Phi) is 4.12. The zero-order chi connectivity index (χ0) is 19.3. The summed E-state index contributed by atoms with van der Waals surface area (Å²) in [5, 5.41) is 0. The minimum atomic E-state index is -4.99. The fraction of sp³-hybridized carbons (Fsp3) is 0.235. The number of carbonyl (C=O) groups is 1. The van der Waals surface area contributed by atoms with Gasteiger partial charge in [-0.1, -0.05) is 0 Å². The Morgan fingerprint density at radius 2 is 1.50 bits per heavy atom. The van der Waals surface area contributed by atoms with Gasteiger partial charge in [-0.3, -0.25) is 0 Å². The average molecular weight is 376 g/mol. The third-order valence-corrected chi connectivity index (χ3v) is 3.90. The van der Waals surface area contributed by atoms with Crippen LogP contribution in [-0.2, 0) is 17.1 Å². The number of carbonyl (C=O) groups excluding carboxylic acids is 1. The van der Waals surface area contributed by atoms with E-state index in [0.29, 0.717) is 12.1 Å². The van der Waals surface area contributed by atoms with Gasteiger partial charge in [0.1, 0.15) is 5.75 Å². The molecule has 3 nitrogen and oxygen atoms in total. The van der Waals surface area contributed by atoms with Gasteiger partial charge in [0.2, 0.25) is 0 Å². The first-order chi connectivity index (χ1) is 12.0. The summed E-state index contributed by atoms with van der Waals surface area (Å²) in [5.74, 6) is -0.548. The van der Waals surface area contributed by atoms with Crippen LogP contribution in [0.4, 0.5) is 26.3 Å². The van der Waals surface area contributed by atoms with Gasteiger partial charge in [0.15, 0.2) is 6.10 Å². The highest BCUT2D eigenvalue weighted by Crippen LogP contribution is 2.42. The molecule has 0 unspecified atom stereocenters. The van der Waals surface area contributed by atoms with Gasteiger partial charge in [-0.05, 0) is 42.0 Å². The number of esters is 1. The third-order valence-electron chi connectivity index (χ3n) is 3.90. The number of hydrogen-bond donors (Lipinski definition) is 0. The fourth-order valence-electron chi connectivity index (χ4n) is 2.68. The van der Waals surface area contributed by atoms with Crippen molar-refractivity contribution in [3.63, 3.8) is 0 Å². The smallest absolute Gasteiger partial charge is 0.416 e. The summed E-state index contributed by atoms with van der Waals surface area (Å²) in [6.45, 7) is 0. The number of hydrogen-bond acceptors (Lipinski definition) is 3. The Balaban J connectivity index is 2.18. The molecule has 1 heterocycles. The number of alkyl halides is 6.